The van der Waals surface area contributed by atoms with E-state index in [0.717, 1.165) is 18.8 Å². The summed E-state index contributed by atoms with van der Waals surface area (Å²) < 4.78 is 4.94. The van der Waals surface area contributed by atoms with Crippen LogP contribution in [0.5, 0.6) is 0 Å². The van der Waals surface area contributed by atoms with Gasteiger partial charge in [-0.15, -0.1) is 0 Å². The third-order valence-corrected chi connectivity index (χ3v) is 3.55. The second-order valence-corrected chi connectivity index (χ2v) is 5.53. The summed E-state index contributed by atoms with van der Waals surface area (Å²) in [5, 5.41) is 0. The molecule has 0 aliphatic carbocycles. The first-order chi connectivity index (χ1) is 9.20. The Labute approximate surface area is 119 Å². The van der Waals surface area contributed by atoms with Crippen molar-refractivity contribution in [3.63, 3.8) is 0 Å². The van der Waals surface area contributed by atoms with E-state index >= 15 is 0 Å². The Bertz CT molecular complexity index is 223. The van der Waals surface area contributed by atoms with Crippen molar-refractivity contribution in [2.45, 2.75) is 78.1 Å². The summed E-state index contributed by atoms with van der Waals surface area (Å²) in [6, 6.07) is 0. The molecule has 0 aromatic rings. The third-order valence-electron chi connectivity index (χ3n) is 3.55. The number of hydrogen-bond acceptors (Lipinski definition) is 2. The minimum Gasteiger partial charge on any atom is -0.463 e. The molecule has 0 heterocycles. The zero-order valence-electron chi connectivity index (χ0n) is 13.0. The largest absolute Gasteiger partial charge is 0.463 e. The van der Waals surface area contributed by atoms with Gasteiger partial charge in [0.15, 0.2) is 0 Å². The van der Waals surface area contributed by atoms with Crippen LogP contribution in [0, 0.1) is 5.92 Å². The van der Waals surface area contributed by atoms with Crippen molar-refractivity contribution in [2.24, 2.45) is 5.92 Å². The molecule has 0 N–H and O–H groups in total. The highest BCUT2D eigenvalue weighted by Gasteiger charge is 2.02. The van der Waals surface area contributed by atoms with Gasteiger partial charge in [-0.05, 0) is 12.3 Å². The molecule has 0 aromatic heterocycles. The van der Waals surface area contributed by atoms with E-state index in [1.165, 1.54) is 57.4 Å². The molecule has 0 spiro atoms. The topological polar surface area (TPSA) is 26.3 Å². The lowest BCUT2D eigenvalue weighted by Crippen LogP contribution is -2.02. The van der Waals surface area contributed by atoms with Crippen molar-refractivity contribution in [2.75, 3.05) is 6.61 Å². The number of carbonyl (C=O) groups excluding carboxylic acids is 1. The Morgan fingerprint density at radius 1 is 1.05 bits per heavy atom. The van der Waals surface area contributed by atoms with Crippen LogP contribution >= 0.6 is 0 Å². The molecule has 1 unspecified atom stereocenters. The van der Waals surface area contributed by atoms with E-state index in [2.05, 4.69) is 20.4 Å². The van der Waals surface area contributed by atoms with Gasteiger partial charge in [0.05, 0.1) is 6.61 Å². The van der Waals surface area contributed by atoms with Gasteiger partial charge in [0, 0.05) is 6.08 Å². The van der Waals surface area contributed by atoms with Crippen LogP contribution in [0.3, 0.4) is 0 Å². The maximum absolute atomic E-state index is 10.8. The van der Waals surface area contributed by atoms with Crippen molar-refractivity contribution < 1.29 is 9.53 Å². The third kappa shape index (κ3) is 13.4. The highest BCUT2D eigenvalue weighted by Crippen LogP contribution is 2.17. The van der Waals surface area contributed by atoms with Crippen LogP contribution in [-0.4, -0.2) is 12.6 Å². The Morgan fingerprint density at radius 3 is 2.21 bits per heavy atom. The lowest BCUT2D eigenvalue weighted by Gasteiger charge is -2.10. The monoisotopic (exact) mass is 268 g/mol. The first-order valence-corrected chi connectivity index (χ1v) is 7.99. The van der Waals surface area contributed by atoms with Crippen LogP contribution in [0.25, 0.3) is 0 Å². The minimum atomic E-state index is -0.305. The Kier molecular flexibility index (Phi) is 13.1. The van der Waals surface area contributed by atoms with Crippen LogP contribution in [0.1, 0.15) is 78.1 Å². The summed E-state index contributed by atoms with van der Waals surface area (Å²) in [6.45, 7) is 8.53. The molecule has 1 atom stereocenters. The smallest absolute Gasteiger partial charge is 0.330 e. The van der Waals surface area contributed by atoms with Gasteiger partial charge in [0.1, 0.15) is 0 Å². The molecule has 0 aliphatic heterocycles. The van der Waals surface area contributed by atoms with Gasteiger partial charge in [0.25, 0.3) is 0 Å². The Balaban J connectivity index is 3.22. The van der Waals surface area contributed by atoms with Crippen LogP contribution < -0.4 is 0 Å². The first kappa shape index (κ1) is 18.2. The lowest BCUT2D eigenvalue weighted by atomic mass is 9.96. The van der Waals surface area contributed by atoms with Crippen molar-refractivity contribution in [3.8, 4) is 0 Å². The fourth-order valence-corrected chi connectivity index (χ4v) is 2.24. The zero-order valence-corrected chi connectivity index (χ0v) is 13.0. The maximum atomic E-state index is 10.8. The summed E-state index contributed by atoms with van der Waals surface area (Å²) in [5.41, 5.74) is 0. The molecule has 0 bridgehead atoms. The van der Waals surface area contributed by atoms with Crippen molar-refractivity contribution >= 4 is 5.97 Å². The normalized spacial score (nSPS) is 12.1. The zero-order chi connectivity index (χ0) is 14.3. The highest BCUT2D eigenvalue weighted by atomic mass is 16.5. The van der Waals surface area contributed by atoms with Crippen molar-refractivity contribution in [3.05, 3.63) is 12.7 Å². The second-order valence-electron chi connectivity index (χ2n) is 5.53. The molecule has 0 fully saturated rings. The summed E-state index contributed by atoms with van der Waals surface area (Å²) in [7, 11) is 0. The molecular formula is C17H32O2. The van der Waals surface area contributed by atoms with Crippen LogP contribution in [0.4, 0.5) is 0 Å². The number of carbonyl (C=O) groups is 1. The van der Waals surface area contributed by atoms with E-state index in [4.69, 9.17) is 4.74 Å². The van der Waals surface area contributed by atoms with Crippen molar-refractivity contribution in [1.29, 1.82) is 0 Å². The van der Waals surface area contributed by atoms with E-state index in [0.29, 0.717) is 6.61 Å². The van der Waals surface area contributed by atoms with Gasteiger partial charge in [0.2, 0.25) is 0 Å². The molecule has 0 aromatic carbocycles. The molecule has 19 heavy (non-hydrogen) atoms. The fraction of sp³-hybridized carbons (Fsp3) is 0.824. The summed E-state index contributed by atoms with van der Waals surface area (Å²) in [4.78, 5) is 10.8. The molecule has 2 nitrogen and oxygen atoms in total. The van der Waals surface area contributed by atoms with Gasteiger partial charge in [-0.2, -0.15) is 0 Å². The second kappa shape index (κ2) is 13.6. The van der Waals surface area contributed by atoms with Gasteiger partial charge < -0.3 is 4.74 Å². The van der Waals surface area contributed by atoms with E-state index in [1.807, 2.05) is 0 Å². The number of hydrogen-bond donors (Lipinski definition) is 0. The van der Waals surface area contributed by atoms with Gasteiger partial charge >= 0.3 is 5.97 Å². The van der Waals surface area contributed by atoms with Gasteiger partial charge in [-0.25, -0.2) is 4.79 Å². The highest BCUT2D eigenvalue weighted by molar-refractivity contribution is 5.81. The number of ether oxygens (including phenoxy) is 1. The first-order valence-electron chi connectivity index (χ1n) is 7.99. The number of esters is 1. The van der Waals surface area contributed by atoms with Gasteiger partial charge in [-0.3, -0.25) is 0 Å². The lowest BCUT2D eigenvalue weighted by molar-refractivity contribution is -0.137. The quantitative estimate of drug-likeness (QED) is 0.258. The summed E-state index contributed by atoms with van der Waals surface area (Å²) in [5.74, 6) is 0.540. The van der Waals surface area contributed by atoms with E-state index in [1.54, 1.807) is 0 Å². The fourth-order valence-electron chi connectivity index (χ4n) is 2.24. The van der Waals surface area contributed by atoms with Crippen LogP contribution in [-0.2, 0) is 9.53 Å². The van der Waals surface area contributed by atoms with Crippen LogP contribution in [0.15, 0.2) is 12.7 Å². The molecule has 0 rings (SSSR count). The summed E-state index contributed by atoms with van der Waals surface area (Å²) >= 11 is 0. The maximum Gasteiger partial charge on any atom is 0.330 e. The molecule has 0 saturated carbocycles. The van der Waals surface area contributed by atoms with Crippen LogP contribution in [0.2, 0.25) is 0 Å². The van der Waals surface area contributed by atoms with E-state index < -0.39 is 0 Å². The predicted octanol–water partition coefficient (Wildman–Crippen LogP) is 5.27. The van der Waals surface area contributed by atoms with E-state index in [-0.39, 0.29) is 5.97 Å². The average Bonchev–Trinajstić information content (AvgIpc) is 2.42. The SMILES string of the molecule is C=CC(=O)OCCCCCC(C)CCCCCCC. The number of unbranched alkanes of at least 4 members (excludes halogenated alkanes) is 6. The molecule has 0 saturated heterocycles. The van der Waals surface area contributed by atoms with Gasteiger partial charge in [-0.1, -0.05) is 78.2 Å². The molecule has 0 aliphatic rings. The summed E-state index contributed by atoms with van der Waals surface area (Å²) in [6.07, 6.45) is 14.2. The molecule has 0 radical (unpaired) electrons. The standard InChI is InChI=1S/C17H32O2/c1-4-6-7-8-10-13-16(3)14-11-9-12-15-19-17(18)5-2/h5,16H,2,4,6-15H2,1,3H3. The van der Waals surface area contributed by atoms with E-state index in [9.17, 15) is 4.79 Å². The molecule has 0 amide bonds. The molecular weight excluding hydrogens is 236 g/mol. The average molecular weight is 268 g/mol. The number of rotatable bonds is 13. The molecule has 112 valence electrons. The molecule has 2 heteroatoms. The Hall–Kier alpha value is -0.790. The predicted molar refractivity (Wildman–Crippen MR) is 82.2 cm³/mol. The minimum absolute atomic E-state index is 0.305. The van der Waals surface area contributed by atoms with Crippen molar-refractivity contribution in [1.82, 2.24) is 0 Å². The Morgan fingerprint density at radius 2 is 1.63 bits per heavy atom.